The molecule has 0 amide bonds. The average molecular weight is 370 g/mol. The van der Waals surface area contributed by atoms with Gasteiger partial charge in [0.25, 0.3) is 11.8 Å². The molecule has 0 N–H and O–H groups in total. The van der Waals surface area contributed by atoms with Crippen LogP contribution < -0.4 is 9.47 Å². The molecule has 0 aliphatic heterocycles. The van der Waals surface area contributed by atoms with Crippen molar-refractivity contribution in [3.63, 3.8) is 0 Å². The molecule has 0 bridgehead atoms. The van der Waals surface area contributed by atoms with E-state index >= 15 is 0 Å². The molecule has 8 nitrogen and oxygen atoms in total. The highest BCUT2D eigenvalue weighted by Gasteiger charge is 2.14. The normalized spacial score (nSPS) is 10.9. The summed E-state index contributed by atoms with van der Waals surface area (Å²) in [6.07, 6.45) is 5.35. The number of benzene rings is 1. The van der Waals surface area contributed by atoms with E-state index in [1.165, 1.54) is 13.4 Å². The van der Waals surface area contributed by atoms with Crippen molar-refractivity contribution in [1.29, 1.82) is 0 Å². The first-order valence-electron chi connectivity index (χ1n) is 8.15. The van der Waals surface area contributed by atoms with Crippen LogP contribution in [0, 0.1) is 0 Å². The van der Waals surface area contributed by atoms with Gasteiger partial charge in [0.05, 0.1) is 13.4 Å². The Kier molecular flexibility index (Phi) is 5.88. The lowest BCUT2D eigenvalue weighted by Crippen LogP contribution is -2.15. The van der Waals surface area contributed by atoms with Crippen LogP contribution in [0.25, 0.3) is 17.7 Å². The largest absolute Gasteiger partial charge is 0.493 e. The van der Waals surface area contributed by atoms with E-state index in [1.54, 1.807) is 18.2 Å². The summed E-state index contributed by atoms with van der Waals surface area (Å²) in [5, 5.41) is 7.62. The van der Waals surface area contributed by atoms with Crippen LogP contribution in [-0.2, 0) is 16.1 Å². The van der Waals surface area contributed by atoms with Crippen molar-refractivity contribution in [3.8, 4) is 23.1 Å². The molecule has 0 aliphatic rings. The fourth-order valence-corrected chi connectivity index (χ4v) is 2.23. The number of rotatable bonds is 8. The highest BCUT2D eigenvalue weighted by molar-refractivity contribution is 5.71. The van der Waals surface area contributed by atoms with Crippen molar-refractivity contribution in [1.82, 2.24) is 10.2 Å². The second kappa shape index (κ2) is 8.70. The lowest BCUT2D eigenvalue weighted by Gasteiger charge is -2.10. The first-order chi connectivity index (χ1) is 13.2. The molecule has 1 aromatic carbocycles. The standard InChI is InChI=1S/C19H18N2O6/c1-3-5-13-7-8-14(16(10-13)23-2)25-12-18(22)26-11-17-20-21-19(27-17)15-6-4-9-24-15/h3-10H,11-12H2,1-2H3/b5-3+. The van der Waals surface area contributed by atoms with Gasteiger partial charge in [-0.05, 0) is 36.8 Å². The lowest BCUT2D eigenvalue weighted by atomic mass is 10.2. The summed E-state index contributed by atoms with van der Waals surface area (Å²) in [5.74, 6) is 1.21. The fraction of sp³-hybridized carbons (Fsp3) is 0.211. The smallest absolute Gasteiger partial charge is 0.344 e. The molecule has 140 valence electrons. The van der Waals surface area contributed by atoms with Crippen molar-refractivity contribution >= 4 is 12.0 Å². The molecule has 0 spiro atoms. The number of allylic oxidation sites excluding steroid dienone is 1. The molecule has 0 unspecified atom stereocenters. The van der Waals surface area contributed by atoms with Crippen LogP contribution in [0.1, 0.15) is 18.4 Å². The Hall–Kier alpha value is -3.55. The molecule has 0 fully saturated rings. The molecule has 3 aromatic rings. The third kappa shape index (κ3) is 4.75. The van der Waals surface area contributed by atoms with Gasteiger partial charge in [0, 0.05) is 0 Å². The zero-order valence-electron chi connectivity index (χ0n) is 14.9. The average Bonchev–Trinajstić information content (AvgIpc) is 3.37. The highest BCUT2D eigenvalue weighted by atomic mass is 16.6. The second-order valence-electron chi connectivity index (χ2n) is 5.34. The number of furan rings is 1. The Morgan fingerprint density at radius 2 is 2.11 bits per heavy atom. The molecule has 0 saturated heterocycles. The summed E-state index contributed by atoms with van der Waals surface area (Å²) in [6.45, 7) is 1.49. The number of nitrogens with zero attached hydrogens (tertiary/aromatic N) is 2. The van der Waals surface area contributed by atoms with Gasteiger partial charge in [0.2, 0.25) is 0 Å². The third-order valence-electron chi connectivity index (χ3n) is 3.45. The summed E-state index contributed by atoms with van der Waals surface area (Å²) >= 11 is 0. The van der Waals surface area contributed by atoms with Gasteiger partial charge in [-0.1, -0.05) is 18.2 Å². The summed E-state index contributed by atoms with van der Waals surface area (Å²) in [7, 11) is 1.53. The van der Waals surface area contributed by atoms with Gasteiger partial charge in [-0.15, -0.1) is 10.2 Å². The number of ether oxygens (including phenoxy) is 3. The molecular weight excluding hydrogens is 352 g/mol. The van der Waals surface area contributed by atoms with Gasteiger partial charge in [-0.3, -0.25) is 0 Å². The topological polar surface area (TPSA) is 96.8 Å². The Morgan fingerprint density at radius 1 is 1.22 bits per heavy atom. The van der Waals surface area contributed by atoms with E-state index in [9.17, 15) is 4.79 Å². The van der Waals surface area contributed by atoms with E-state index in [0.29, 0.717) is 17.3 Å². The minimum absolute atomic E-state index is 0.156. The highest BCUT2D eigenvalue weighted by Crippen LogP contribution is 2.28. The van der Waals surface area contributed by atoms with Crippen LogP contribution in [0.5, 0.6) is 11.5 Å². The predicted molar refractivity (Wildman–Crippen MR) is 95.0 cm³/mol. The van der Waals surface area contributed by atoms with Crippen LogP contribution in [0.15, 0.2) is 51.5 Å². The number of esters is 1. The number of aromatic nitrogens is 2. The maximum atomic E-state index is 11.9. The number of hydrogen-bond donors (Lipinski definition) is 0. The summed E-state index contributed by atoms with van der Waals surface area (Å²) in [5.41, 5.74) is 0.966. The van der Waals surface area contributed by atoms with Crippen molar-refractivity contribution in [3.05, 3.63) is 54.1 Å². The first-order valence-corrected chi connectivity index (χ1v) is 8.15. The Morgan fingerprint density at radius 3 is 2.85 bits per heavy atom. The summed E-state index contributed by atoms with van der Waals surface area (Å²) in [6, 6.07) is 8.80. The van der Waals surface area contributed by atoms with Crippen LogP contribution in [0.2, 0.25) is 0 Å². The minimum atomic E-state index is -0.577. The number of carbonyl (C=O) groups excluding carboxylic acids is 1. The molecule has 0 radical (unpaired) electrons. The van der Waals surface area contributed by atoms with Crippen molar-refractivity contribution in [2.45, 2.75) is 13.5 Å². The van der Waals surface area contributed by atoms with E-state index in [4.69, 9.17) is 23.0 Å². The number of methoxy groups -OCH3 is 1. The first kappa shape index (κ1) is 18.2. The molecular formula is C19H18N2O6. The molecule has 27 heavy (non-hydrogen) atoms. The van der Waals surface area contributed by atoms with E-state index in [-0.39, 0.29) is 25.0 Å². The van der Waals surface area contributed by atoms with Crippen LogP contribution in [0.4, 0.5) is 0 Å². The van der Waals surface area contributed by atoms with E-state index in [1.807, 2.05) is 31.2 Å². The van der Waals surface area contributed by atoms with Crippen LogP contribution in [0.3, 0.4) is 0 Å². The van der Waals surface area contributed by atoms with Crippen LogP contribution in [-0.4, -0.2) is 29.9 Å². The Labute approximate surface area is 155 Å². The molecule has 2 aromatic heterocycles. The van der Waals surface area contributed by atoms with Gasteiger partial charge in [0.15, 0.2) is 30.5 Å². The van der Waals surface area contributed by atoms with Gasteiger partial charge in [-0.25, -0.2) is 4.79 Å². The third-order valence-corrected chi connectivity index (χ3v) is 3.45. The van der Waals surface area contributed by atoms with Crippen LogP contribution >= 0.6 is 0 Å². The predicted octanol–water partition coefficient (Wildman–Crippen LogP) is 3.49. The van der Waals surface area contributed by atoms with Crippen molar-refractivity contribution in [2.75, 3.05) is 13.7 Å². The number of carbonyl (C=O) groups is 1. The Balaban J connectivity index is 1.51. The zero-order chi connectivity index (χ0) is 19.1. The molecule has 0 saturated carbocycles. The van der Waals surface area contributed by atoms with Gasteiger partial charge < -0.3 is 23.0 Å². The fourth-order valence-electron chi connectivity index (χ4n) is 2.23. The van der Waals surface area contributed by atoms with E-state index in [0.717, 1.165) is 5.56 Å². The Bertz CT molecular complexity index is 914. The minimum Gasteiger partial charge on any atom is -0.493 e. The van der Waals surface area contributed by atoms with Gasteiger partial charge in [0.1, 0.15) is 0 Å². The zero-order valence-corrected chi connectivity index (χ0v) is 14.9. The van der Waals surface area contributed by atoms with Crippen molar-refractivity contribution in [2.24, 2.45) is 0 Å². The van der Waals surface area contributed by atoms with Crippen molar-refractivity contribution < 1.29 is 27.8 Å². The molecule has 0 atom stereocenters. The lowest BCUT2D eigenvalue weighted by molar-refractivity contribution is -0.148. The summed E-state index contributed by atoms with van der Waals surface area (Å²) < 4.78 is 26.3. The van der Waals surface area contributed by atoms with Gasteiger partial charge >= 0.3 is 5.97 Å². The SMILES string of the molecule is C/C=C/c1ccc(OCC(=O)OCc2nnc(-c3ccco3)o2)c(OC)c1. The molecule has 2 heterocycles. The second-order valence-corrected chi connectivity index (χ2v) is 5.34. The summed E-state index contributed by atoms with van der Waals surface area (Å²) in [4.78, 5) is 11.9. The molecule has 0 aliphatic carbocycles. The molecule has 8 heteroatoms. The number of hydrogen-bond acceptors (Lipinski definition) is 8. The van der Waals surface area contributed by atoms with E-state index in [2.05, 4.69) is 10.2 Å². The maximum Gasteiger partial charge on any atom is 0.344 e. The van der Waals surface area contributed by atoms with E-state index < -0.39 is 5.97 Å². The monoisotopic (exact) mass is 370 g/mol. The quantitative estimate of drug-likeness (QED) is 0.556. The molecule has 3 rings (SSSR count). The maximum absolute atomic E-state index is 11.9. The van der Waals surface area contributed by atoms with Gasteiger partial charge in [-0.2, -0.15) is 0 Å².